The number of rotatable bonds is 6. The summed E-state index contributed by atoms with van der Waals surface area (Å²) in [5.41, 5.74) is 1.14. The highest BCUT2D eigenvalue weighted by molar-refractivity contribution is 6.01. The molecule has 4 amide bonds. The maximum atomic E-state index is 12.1. The van der Waals surface area contributed by atoms with Crippen LogP contribution in [0.3, 0.4) is 0 Å². The number of nitrogens with zero attached hydrogens (tertiary/aromatic N) is 2. The van der Waals surface area contributed by atoms with Gasteiger partial charge in [0.2, 0.25) is 5.91 Å². The fourth-order valence-electron chi connectivity index (χ4n) is 2.14. The third-order valence-electron chi connectivity index (χ3n) is 3.49. The molecule has 0 radical (unpaired) electrons. The molecular weight excluding hydrogens is 302 g/mol. The van der Waals surface area contributed by atoms with Crippen LogP contribution in [0.2, 0.25) is 0 Å². The fraction of sp³-hybridized carbons (Fsp3) is 0.333. The number of imide groups is 1. The Hall–Kier alpha value is -2.90. The van der Waals surface area contributed by atoms with Crippen LogP contribution in [-0.2, 0) is 16.1 Å². The zero-order valence-electron chi connectivity index (χ0n) is 12.6. The molecule has 0 unspecified atom stereocenters. The quantitative estimate of drug-likeness (QED) is 0.733. The van der Waals surface area contributed by atoms with Crippen LogP contribution >= 0.6 is 0 Å². The van der Waals surface area contributed by atoms with Crippen LogP contribution < -0.4 is 5.32 Å². The van der Waals surface area contributed by atoms with Crippen molar-refractivity contribution in [1.82, 2.24) is 15.1 Å². The summed E-state index contributed by atoms with van der Waals surface area (Å²) in [4.78, 5) is 48.1. The number of hydrogen-bond acceptors (Lipinski definition) is 4. The largest absolute Gasteiger partial charge is 0.481 e. The zero-order chi connectivity index (χ0) is 17.0. The second-order valence-electron chi connectivity index (χ2n) is 5.21. The van der Waals surface area contributed by atoms with Gasteiger partial charge in [0, 0.05) is 19.2 Å². The van der Waals surface area contributed by atoms with Gasteiger partial charge in [0.15, 0.2) is 0 Å². The number of carbonyl (C=O) groups is 4. The summed E-state index contributed by atoms with van der Waals surface area (Å²) in [6, 6.07) is 6.08. The third-order valence-corrected chi connectivity index (χ3v) is 3.49. The van der Waals surface area contributed by atoms with Crippen molar-refractivity contribution in [2.75, 3.05) is 20.1 Å². The van der Waals surface area contributed by atoms with Gasteiger partial charge in [-0.25, -0.2) is 4.79 Å². The van der Waals surface area contributed by atoms with Crippen molar-refractivity contribution in [3.63, 3.8) is 0 Å². The minimum Gasteiger partial charge on any atom is -0.481 e. The van der Waals surface area contributed by atoms with Crippen molar-refractivity contribution >= 4 is 23.8 Å². The highest BCUT2D eigenvalue weighted by Gasteiger charge is 2.28. The second kappa shape index (κ2) is 6.91. The first kappa shape index (κ1) is 16.5. The lowest BCUT2D eigenvalue weighted by Crippen LogP contribution is -2.30. The molecule has 0 aliphatic carbocycles. The van der Waals surface area contributed by atoms with Gasteiger partial charge in [-0.05, 0) is 17.7 Å². The van der Waals surface area contributed by atoms with Gasteiger partial charge < -0.3 is 15.3 Å². The Morgan fingerprint density at radius 2 is 1.91 bits per heavy atom. The van der Waals surface area contributed by atoms with Gasteiger partial charge in [-0.2, -0.15) is 0 Å². The molecule has 1 aromatic rings. The first-order valence-electron chi connectivity index (χ1n) is 7.03. The third kappa shape index (κ3) is 4.06. The molecule has 1 fully saturated rings. The van der Waals surface area contributed by atoms with Crippen LogP contribution in [0.4, 0.5) is 4.79 Å². The SMILES string of the molecule is CN(CCC(=O)O)C(=O)c1ccc(CN2C(=O)CNC2=O)cc1. The summed E-state index contributed by atoms with van der Waals surface area (Å²) >= 11 is 0. The lowest BCUT2D eigenvalue weighted by atomic mass is 10.1. The standard InChI is InChI=1S/C15H17N3O5/c1-17(7-6-13(20)21)14(22)11-4-2-10(3-5-11)9-18-12(19)8-16-15(18)23/h2-5H,6-9H2,1H3,(H,16,23)(H,20,21). The predicted molar refractivity (Wildman–Crippen MR) is 79.6 cm³/mol. The van der Waals surface area contributed by atoms with Gasteiger partial charge in [-0.15, -0.1) is 0 Å². The van der Waals surface area contributed by atoms with Crippen molar-refractivity contribution in [2.45, 2.75) is 13.0 Å². The first-order chi connectivity index (χ1) is 10.9. The van der Waals surface area contributed by atoms with E-state index in [1.54, 1.807) is 24.3 Å². The molecule has 2 rings (SSSR count). The number of carbonyl (C=O) groups excluding carboxylic acids is 3. The Balaban J connectivity index is 1.98. The Kier molecular flexibility index (Phi) is 4.95. The average Bonchev–Trinajstić information content (AvgIpc) is 2.84. The number of carboxylic acid groups (broad SMARTS) is 1. The molecule has 0 bridgehead atoms. The fourth-order valence-corrected chi connectivity index (χ4v) is 2.14. The van der Waals surface area contributed by atoms with Crippen molar-refractivity contribution in [2.24, 2.45) is 0 Å². The van der Waals surface area contributed by atoms with Crippen molar-refractivity contribution in [3.05, 3.63) is 35.4 Å². The number of amides is 4. The van der Waals surface area contributed by atoms with Crippen LogP contribution in [-0.4, -0.2) is 58.9 Å². The molecule has 23 heavy (non-hydrogen) atoms. The zero-order valence-corrected chi connectivity index (χ0v) is 12.6. The summed E-state index contributed by atoms with van der Waals surface area (Å²) < 4.78 is 0. The second-order valence-corrected chi connectivity index (χ2v) is 5.21. The summed E-state index contributed by atoms with van der Waals surface area (Å²) in [5, 5.41) is 11.1. The van der Waals surface area contributed by atoms with E-state index in [9.17, 15) is 19.2 Å². The lowest BCUT2D eigenvalue weighted by Gasteiger charge is -2.17. The van der Waals surface area contributed by atoms with Crippen LogP contribution in [0, 0.1) is 0 Å². The molecule has 1 aliphatic rings. The van der Waals surface area contributed by atoms with Crippen molar-refractivity contribution < 1.29 is 24.3 Å². The van der Waals surface area contributed by atoms with Crippen LogP contribution in [0.1, 0.15) is 22.3 Å². The molecule has 0 saturated carbocycles. The van der Waals surface area contributed by atoms with Crippen molar-refractivity contribution in [1.29, 1.82) is 0 Å². The number of nitrogens with one attached hydrogen (secondary N) is 1. The van der Waals surface area contributed by atoms with E-state index in [4.69, 9.17) is 5.11 Å². The Morgan fingerprint density at radius 1 is 1.26 bits per heavy atom. The maximum absolute atomic E-state index is 12.1. The molecule has 8 nitrogen and oxygen atoms in total. The molecule has 1 aliphatic heterocycles. The van der Waals surface area contributed by atoms with E-state index in [0.29, 0.717) is 5.56 Å². The Bertz CT molecular complexity index is 625. The van der Waals surface area contributed by atoms with E-state index in [2.05, 4.69) is 5.32 Å². The van der Waals surface area contributed by atoms with Gasteiger partial charge in [0.25, 0.3) is 5.91 Å². The molecule has 0 atom stereocenters. The minimum absolute atomic E-state index is 0.00374. The molecule has 0 spiro atoms. The molecule has 1 aromatic carbocycles. The minimum atomic E-state index is -0.964. The van der Waals surface area contributed by atoms with E-state index in [1.807, 2.05) is 0 Å². The lowest BCUT2D eigenvalue weighted by molar-refractivity contribution is -0.137. The Morgan fingerprint density at radius 3 is 2.43 bits per heavy atom. The van der Waals surface area contributed by atoms with Gasteiger partial charge >= 0.3 is 12.0 Å². The molecule has 122 valence electrons. The topological polar surface area (TPSA) is 107 Å². The Labute approximate surface area is 132 Å². The van der Waals surface area contributed by atoms with E-state index < -0.39 is 12.0 Å². The highest BCUT2D eigenvalue weighted by atomic mass is 16.4. The predicted octanol–water partition coefficient (Wildman–Crippen LogP) is 0.285. The normalized spacial score (nSPS) is 13.9. The molecular formula is C15H17N3O5. The molecule has 1 heterocycles. The highest BCUT2D eigenvalue weighted by Crippen LogP contribution is 2.11. The number of hydrogen-bond donors (Lipinski definition) is 2. The number of urea groups is 1. The summed E-state index contributed by atoms with van der Waals surface area (Å²) in [5.74, 6) is -1.54. The monoisotopic (exact) mass is 319 g/mol. The maximum Gasteiger partial charge on any atom is 0.324 e. The number of benzene rings is 1. The smallest absolute Gasteiger partial charge is 0.324 e. The summed E-state index contributed by atoms with van der Waals surface area (Å²) in [6.45, 7) is 0.274. The van der Waals surface area contributed by atoms with Gasteiger partial charge in [0.05, 0.1) is 19.5 Å². The van der Waals surface area contributed by atoms with E-state index in [-0.39, 0.29) is 37.9 Å². The molecule has 2 N–H and O–H groups in total. The molecule has 1 saturated heterocycles. The number of carboxylic acids is 1. The van der Waals surface area contributed by atoms with E-state index in [1.165, 1.54) is 11.9 Å². The van der Waals surface area contributed by atoms with Crippen LogP contribution in [0.25, 0.3) is 0 Å². The van der Waals surface area contributed by atoms with Gasteiger partial charge in [0.1, 0.15) is 0 Å². The number of aliphatic carboxylic acids is 1. The van der Waals surface area contributed by atoms with E-state index in [0.717, 1.165) is 10.5 Å². The average molecular weight is 319 g/mol. The van der Waals surface area contributed by atoms with Gasteiger partial charge in [-0.1, -0.05) is 12.1 Å². The molecule has 8 heteroatoms. The van der Waals surface area contributed by atoms with Crippen LogP contribution in [0.5, 0.6) is 0 Å². The summed E-state index contributed by atoms with van der Waals surface area (Å²) in [7, 11) is 1.53. The first-order valence-corrected chi connectivity index (χ1v) is 7.03. The van der Waals surface area contributed by atoms with E-state index >= 15 is 0 Å². The van der Waals surface area contributed by atoms with Crippen molar-refractivity contribution in [3.8, 4) is 0 Å². The summed E-state index contributed by atoms with van der Waals surface area (Å²) in [6.07, 6.45) is -0.119. The van der Waals surface area contributed by atoms with Crippen LogP contribution in [0.15, 0.2) is 24.3 Å². The molecule has 0 aromatic heterocycles. The van der Waals surface area contributed by atoms with Gasteiger partial charge in [-0.3, -0.25) is 19.3 Å².